The molecule has 0 aliphatic carbocycles. The van der Waals surface area contributed by atoms with Gasteiger partial charge in [-0.05, 0) is 0 Å². The molecule has 1 aromatic heterocycles. The number of aromatic nitrogens is 2. The second kappa shape index (κ2) is 5.02. The van der Waals surface area contributed by atoms with Crippen molar-refractivity contribution in [3.05, 3.63) is 32.6 Å². The number of aliphatic hydroxyl groups is 2. The fourth-order valence-corrected chi connectivity index (χ4v) is 2.03. The molecule has 1 fully saturated rings. The molecule has 0 aromatic carbocycles. The predicted molar refractivity (Wildman–Crippen MR) is 59.2 cm³/mol. The second-order valence-corrected chi connectivity index (χ2v) is 4.00. The molecule has 2 heterocycles. The van der Waals surface area contributed by atoms with Crippen LogP contribution in [0.15, 0.2) is 15.8 Å². The van der Waals surface area contributed by atoms with Crippen LogP contribution in [0.5, 0.6) is 0 Å². The second-order valence-electron chi connectivity index (χ2n) is 4.00. The number of H-pyrrole nitrogens is 2. The third kappa shape index (κ3) is 2.10. The molecule has 1 saturated heterocycles. The Balaban J connectivity index is 2.38. The van der Waals surface area contributed by atoms with Gasteiger partial charge in [0.05, 0.1) is 12.2 Å². The van der Waals surface area contributed by atoms with E-state index in [0.717, 1.165) is 0 Å². The van der Waals surface area contributed by atoms with Gasteiger partial charge in [-0.2, -0.15) is 0 Å². The third-order valence-electron chi connectivity index (χ3n) is 2.94. The van der Waals surface area contributed by atoms with Gasteiger partial charge in [-0.1, -0.05) is 0 Å². The number of rotatable bonds is 3. The number of aromatic amines is 2. The summed E-state index contributed by atoms with van der Waals surface area (Å²) in [7, 11) is 1.36. The topological polar surface area (TPSA) is 125 Å². The first kappa shape index (κ1) is 13.0. The molecule has 1 aliphatic heterocycles. The summed E-state index contributed by atoms with van der Waals surface area (Å²) >= 11 is 0. The van der Waals surface area contributed by atoms with Gasteiger partial charge in [0.1, 0.15) is 24.4 Å². The van der Waals surface area contributed by atoms with Gasteiger partial charge in [-0.15, -0.1) is 0 Å². The van der Waals surface area contributed by atoms with Crippen LogP contribution in [0.2, 0.25) is 0 Å². The van der Waals surface area contributed by atoms with E-state index in [1.54, 1.807) is 0 Å². The smallest absolute Gasteiger partial charge is 0.325 e. The Morgan fingerprint density at radius 3 is 2.78 bits per heavy atom. The number of nitrogens with one attached hydrogen (secondary N) is 2. The van der Waals surface area contributed by atoms with E-state index in [0.29, 0.717) is 0 Å². The van der Waals surface area contributed by atoms with E-state index in [-0.39, 0.29) is 5.56 Å². The van der Waals surface area contributed by atoms with Gasteiger partial charge in [0.25, 0.3) is 5.56 Å². The fourth-order valence-electron chi connectivity index (χ4n) is 2.03. The minimum Gasteiger partial charge on any atom is -0.394 e. The predicted octanol–water partition coefficient (Wildman–Crippen LogP) is -2.13. The Bertz CT molecular complexity index is 524. The molecule has 0 amide bonds. The third-order valence-corrected chi connectivity index (χ3v) is 2.94. The van der Waals surface area contributed by atoms with Crippen molar-refractivity contribution in [2.75, 3.05) is 13.7 Å². The maximum Gasteiger partial charge on any atom is 0.325 e. The largest absolute Gasteiger partial charge is 0.394 e. The summed E-state index contributed by atoms with van der Waals surface area (Å²) in [6.45, 7) is -0.390. The Morgan fingerprint density at radius 1 is 1.50 bits per heavy atom. The van der Waals surface area contributed by atoms with Crippen molar-refractivity contribution in [2.24, 2.45) is 0 Å². The van der Waals surface area contributed by atoms with Crippen molar-refractivity contribution in [3.8, 4) is 0 Å². The molecule has 2 rings (SSSR count). The first-order valence-corrected chi connectivity index (χ1v) is 5.37. The normalized spacial score (nSPS) is 31.7. The highest BCUT2D eigenvalue weighted by Gasteiger charge is 2.45. The van der Waals surface area contributed by atoms with Crippen molar-refractivity contribution >= 4 is 0 Å². The van der Waals surface area contributed by atoms with Crippen molar-refractivity contribution < 1.29 is 19.7 Å². The van der Waals surface area contributed by atoms with Gasteiger partial charge in [0.15, 0.2) is 0 Å². The fraction of sp³-hybridized carbons (Fsp3) is 0.600. The molecule has 1 aromatic rings. The van der Waals surface area contributed by atoms with E-state index in [1.165, 1.54) is 13.3 Å². The molecule has 100 valence electrons. The highest BCUT2D eigenvalue weighted by atomic mass is 16.6. The standard InChI is InChI=1S/C10H14N2O6/c1-17-8-6(14)5(3-13)18-7(8)4-2-11-10(16)12-9(4)15/h2,5-8,13-14H,3H2,1H3,(H2,11,12,15,16)/t5-,6?,7+,8+/m1/s1. The first-order chi connectivity index (χ1) is 8.58. The molecule has 8 nitrogen and oxygen atoms in total. The lowest BCUT2D eigenvalue weighted by atomic mass is 10.0. The maximum atomic E-state index is 11.6. The molecule has 4 atom stereocenters. The summed E-state index contributed by atoms with van der Waals surface area (Å²) in [6, 6.07) is 0. The molecule has 0 radical (unpaired) electrons. The minimum atomic E-state index is -1.05. The van der Waals surface area contributed by atoms with Crippen molar-refractivity contribution in [2.45, 2.75) is 24.4 Å². The summed E-state index contributed by atoms with van der Waals surface area (Å²) < 4.78 is 10.4. The molecule has 0 bridgehead atoms. The molecular formula is C10H14N2O6. The lowest BCUT2D eigenvalue weighted by Gasteiger charge is -2.17. The van der Waals surface area contributed by atoms with Gasteiger partial charge < -0.3 is 24.7 Å². The Kier molecular flexibility index (Phi) is 3.62. The van der Waals surface area contributed by atoms with Crippen molar-refractivity contribution in [1.29, 1.82) is 0 Å². The van der Waals surface area contributed by atoms with Crippen LogP contribution >= 0.6 is 0 Å². The van der Waals surface area contributed by atoms with Crippen molar-refractivity contribution in [3.63, 3.8) is 0 Å². The molecular weight excluding hydrogens is 244 g/mol. The van der Waals surface area contributed by atoms with E-state index >= 15 is 0 Å². The Morgan fingerprint density at radius 2 is 2.22 bits per heavy atom. The van der Waals surface area contributed by atoms with Crippen molar-refractivity contribution in [1.82, 2.24) is 9.97 Å². The summed E-state index contributed by atoms with van der Waals surface area (Å²) in [6.07, 6.45) is -2.29. The summed E-state index contributed by atoms with van der Waals surface area (Å²) in [5, 5.41) is 18.9. The molecule has 0 saturated carbocycles. The summed E-state index contributed by atoms with van der Waals surface area (Å²) in [5.74, 6) is 0. The molecule has 8 heteroatoms. The zero-order valence-corrected chi connectivity index (χ0v) is 9.62. The average molecular weight is 258 g/mol. The maximum absolute atomic E-state index is 11.6. The van der Waals surface area contributed by atoms with E-state index in [1.807, 2.05) is 0 Å². The monoisotopic (exact) mass is 258 g/mol. The highest BCUT2D eigenvalue weighted by Crippen LogP contribution is 2.33. The molecule has 18 heavy (non-hydrogen) atoms. The van der Waals surface area contributed by atoms with E-state index in [4.69, 9.17) is 14.6 Å². The minimum absolute atomic E-state index is 0.136. The SMILES string of the molecule is CO[C@H]1C(O)[C@@H](CO)O[C@H]1c1c[nH]c(=O)[nH]c1=O. The number of hydrogen-bond acceptors (Lipinski definition) is 6. The highest BCUT2D eigenvalue weighted by molar-refractivity contribution is 5.13. The number of ether oxygens (including phenoxy) is 2. The lowest BCUT2D eigenvalue weighted by molar-refractivity contribution is -0.0240. The molecule has 0 spiro atoms. The van der Waals surface area contributed by atoms with Crippen LogP contribution in [0.1, 0.15) is 11.7 Å². The van der Waals surface area contributed by atoms with E-state index in [2.05, 4.69) is 9.97 Å². The number of hydrogen-bond donors (Lipinski definition) is 4. The molecule has 4 N–H and O–H groups in total. The lowest BCUT2D eigenvalue weighted by Crippen LogP contribution is -2.35. The van der Waals surface area contributed by atoms with Gasteiger partial charge >= 0.3 is 5.69 Å². The first-order valence-electron chi connectivity index (χ1n) is 5.37. The average Bonchev–Trinajstić information content (AvgIpc) is 2.65. The van der Waals surface area contributed by atoms with Gasteiger partial charge in [0, 0.05) is 13.3 Å². The van der Waals surface area contributed by atoms with Crippen LogP contribution in [0.4, 0.5) is 0 Å². The van der Waals surface area contributed by atoms with E-state index < -0.39 is 42.3 Å². The summed E-state index contributed by atoms with van der Waals surface area (Å²) in [5.41, 5.74) is -1.11. The number of methoxy groups -OCH3 is 1. The van der Waals surface area contributed by atoms with Crippen LogP contribution in [0.3, 0.4) is 0 Å². The zero-order chi connectivity index (χ0) is 13.3. The molecule has 1 aliphatic rings. The van der Waals surface area contributed by atoms with Crippen LogP contribution in [0, 0.1) is 0 Å². The van der Waals surface area contributed by atoms with Gasteiger partial charge in [0.2, 0.25) is 0 Å². The van der Waals surface area contributed by atoms with Gasteiger partial charge in [-0.25, -0.2) is 4.79 Å². The van der Waals surface area contributed by atoms with Crippen LogP contribution in [-0.2, 0) is 9.47 Å². The quantitative estimate of drug-likeness (QED) is 0.491. The van der Waals surface area contributed by atoms with Crippen LogP contribution in [-0.4, -0.2) is 52.2 Å². The van der Waals surface area contributed by atoms with Crippen LogP contribution in [0.25, 0.3) is 0 Å². The Hall–Kier alpha value is -1.48. The Labute approximate surface area is 101 Å². The van der Waals surface area contributed by atoms with E-state index in [9.17, 15) is 14.7 Å². The zero-order valence-electron chi connectivity index (χ0n) is 9.62. The number of aliphatic hydroxyl groups excluding tert-OH is 2. The van der Waals surface area contributed by atoms with Gasteiger partial charge in [-0.3, -0.25) is 9.78 Å². The summed E-state index contributed by atoms with van der Waals surface area (Å²) in [4.78, 5) is 26.9. The molecule has 1 unspecified atom stereocenters. The van der Waals surface area contributed by atoms with Crippen LogP contribution < -0.4 is 11.2 Å².